The molecule has 1 heterocycles. The van der Waals surface area contributed by atoms with Crippen LogP contribution in [0.1, 0.15) is 23.1 Å². The summed E-state index contributed by atoms with van der Waals surface area (Å²) in [5, 5.41) is 0.388. The number of rotatable bonds is 5. The number of thioether (sulfide) groups is 1. The summed E-state index contributed by atoms with van der Waals surface area (Å²) in [5.41, 5.74) is 3.23. The molecular weight excluding hydrogens is 369 g/mol. The molecule has 0 unspecified atom stereocenters. The first-order valence-corrected chi connectivity index (χ1v) is 9.48. The van der Waals surface area contributed by atoms with Crippen molar-refractivity contribution < 1.29 is 0 Å². The molecule has 0 amide bonds. The summed E-state index contributed by atoms with van der Waals surface area (Å²) in [7, 11) is 0. The largest absolute Gasteiger partial charge is 0.283 e. The van der Waals surface area contributed by atoms with Crippen LogP contribution in [0, 0.1) is 13.8 Å². The average molecular weight is 386 g/mol. The number of pyridine rings is 1. The van der Waals surface area contributed by atoms with Crippen LogP contribution in [0.25, 0.3) is 5.69 Å². The molecule has 2 rings (SSSR count). The molecule has 0 saturated heterocycles. The van der Waals surface area contributed by atoms with E-state index in [4.69, 9.17) is 35.4 Å². The second kappa shape index (κ2) is 8.34. The fourth-order valence-corrected chi connectivity index (χ4v) is 4.15. The lowest BCUT2D eigenvalue weighted by Crippen LogP contribution is -2.24. The highest BCUT2D eigenvalue weighted by Crippen LogP contribution is 2.22. The summed E-state index contributed by atoms with van der Waals surface area (Å²) in [6.45, 7) is 4.01. The number of aromatic nitrogens is 1. The van der Waals surface area contributed by atoms with Gasteiger partial charge in [0, 0.05) is 12.1 Å². The van der Waals surface area contributed by atoms with E-state index in [1.807, 2.05) is 32.0 Å². The van der Waals surface area contributed by atoms with E-state index in [-0.39, 0.29) is 5.56 Å². The molecule has 0 radical (unpaired) electrons. The Morgan fingerprint density at radius 1 is 1.30 bits per heavy atom. The van der Waals surface area contributed by atoms with Crippen molar-refractivity contribution in [1.82, 2.24) is 4.57 Å². The Morgan fingerprint density at radius 3 is 2.70 bits per heavy atom. The van der Waals surface area contributed by atoms with Crippen LogP contribution in [0.5, 0.6) is 0 Å². The molecule has 0 atom stereocenters. The van der Waals surface area contributed by atoms with Crippen molar-refractivity contribution in [2.45, 2.75) is 20.3 Å². The third-order valence-corrected chi connectivity index (χ3v) is 5.47. The second-order valence-electron chi connectivity index (χ2n) is 5.18. The van der Waals surface area contributed by atoms with Crippen LogP contribution in [0.15, 0.2) is 35.3 Å². The molecule has 2 aromatic rings. The SMILES string of the molecule is Cc1ccc(-n2ccc(Cl)c(C(=S)SCCCCl)c2=O)c(C)c1. The summed E-state index contributed by atoms with van der Waals surface area (Å²) in [4.78, 5) is 12.9. The first-order valence-electron chi connectivity index (χ1n) is 7.17. The summed E-state index contributed by atoms with van der Waals surface area (Å²) in [6.07, 6.45) is 2.53. The van der Waals surface area contributed by atoms with Crippen LogP contribution >= 0.6 is 47.2 Å². The van der Waals surface area contributed by atoms with E-state index in [2.05, 4.69) is 0 Å². The van der Waals surface area contributed by atoms with E-state index in [0.29, 0.717) is 20.7 Å². The van der Waals surface area contributed by atoms with Gasteiger partial charge in [0.2, 0.25) is 0 Å². The van der Waals surface area contributed by atoms with Crippen molar-refractivity contribution in [2.75, 3.05) is 11.6 Å². The molecule has 0 saturated carbocycles. The maximum atomic E-state index is 12.9. The van der Waals surface area contributed by atoms with Crippen LogP contribution in [0.3, 0.4) is 0 Å². The Balaban J connectivity index is 2.46. The van der Waals surface area contributed by atoms with Gasteiger partial charge in [-0.1, -0.05) is 41.5 Å². The van der Waals surface area contributed by atoms with E-state index in [0.717, 1.165) is 29.0 Å². The molecule has 0 bridgehead atoms. The summed E-state index contributed by atoms with van der Waals surface area (Å²) in [5.74, 6) is 1.35. The summed E-state index contributed by atoms with van der Waals surface area (Å²) >= 11 is 18.7. The molecule has 23 heavy (non-hydrogen) atoms. The minimum atomic E-state index is -0.187. The number of benzene rings is 1. The van der Waals surface area contributed by atoms with Gasteiger partial charge in [0.15, 0.2) is 0 Å². The lowest BCUT2D eigenvalue weighted by molar-refractivity contribution is 0.973. The predicted molar refractivity (Wildman–Crippen MR) is 106 cm³/mol. The maximum absolute atomic E-state index is 12.9. The molecule has 0 spiro atoms. The maximum Gasteiger partial charge on any atom is 0.265 e. The zero-order chi connectivity index (χ0) is 17.0. The van der Waals surface area contributed by atoms with E-state index in [1.165, 1.54) is 11.8 Å². The zero-order valence-corrected chi connectivity index (χ0v) is 16.1. The van der Waals surface area contributed by atoms with Gasteiger partial charge < -0.3 is 0 Å². The zero-order valence-electron chi connectivity index (χ0n) is 12.9. The van der Waals surface area contributed by atoms with Crippen molar-refractivity contribution in [1.29, 1.82) is 0 Å². The highest BCUT2D eigenvalue weighted by molar-refractivity contribution is 8.23. The van der Waals surface area contributed by atoms with Gasteiger partial charge in [-0.25, -0.2) is 0 Å². The third-order valence-electron chi connectivity index (χ3n) is 3.37. The molecule has 0 fully saturated rings. The first kappa shape index (κ1) is 18.5. The van der Waals surface area contributed by atoms with Crippen molar-refractivity contribution >= 4 is 51.4 Å². The molecule has 0 aliphatic carbocycles. The van der Waals surface area contributed by atoms with Crippen molar-refractivity contribution in [2.24, 2.45) is 0 Å². The van der Waals surface area contributed by atoms with Gasteiger partial charge in [-0.05, 0) is 43.7 Å². The van der Waals surface area contributed by atoms with E-state index in [9.17, 15) is 4.79 Å². The normalized spacial score (nSPS) is 10.8. The van der Waals surface area contributed by atoms with Gasteiger partial charge in [0.1, 0.15) is 0 Å². The van der Waals surface area contributed by atoms with E-state index in [1.54, 1.807) is 16.8 Å². The summed E-state index contributed by atoms with van der Waals surface area (Å²) in [6, 6.07) is 7.68. The number of halogens is 2. The Bertz CT molecular complexity index is 787. The van der Waals surface area contributed by atoms with Crippen LogP contribution in [-0.4, -0.2) is 20.4 Å². The van der Waals surface area contributed by atoms with Crippen molar-refractivity contribution in [3.63, 3.8) is 0 Å². The second-order valence-corrected chi connectivity index (χ2v) is 7.74. The topological polar surface area (TPSA) is 22.0 Å². The van der Waals surface area contributed by atoms with Crippen molar-refractivity contribution in [3.05, 3.63) is 62.5 Å². The van der Waals surface area contributed by atoms with Gasteiger partial charge in [-0.15, -0.1) is 23.4 Å². The monoisotopic (exact) mass is 385 g/mol. The minimum Gasteiger partial charge on any atom is -0.283 e. The number of aryl methyl sites for hydroxylation is 2. The molecule has 2 nitrogen and oxygen atoms in total. The Labute approximate surface area is 155 Å². The molecule has 0 N–H and O–H groups in total. The van der Waals surface area contributed by atoms with Crippen LogP contribution in [-0.2, 0) is 0 Å². The van der Waals surface area contributed by atoms with Crippen LogP contribution in [0.4, 0.5) is 0 Å². The number of hydrogen-bond donors (Lipinski definition) is 0. The molecule has 1 aromatic carbocycles. The van der Waals surface area contributed by atoms with Crippen LogP contribution in [0.2, 0.25) is 5.02 Å². The van der Waals surface area contributed by atoms with E-state index >= 15 is 0 Å². The molecular formula is C17H17Cl2NOS2. The molecule has 0 aliphatic heterocycles. The molecule has 6 heteroatoms. The van der Waals surface area contributed by atoms with Gasteiger partial charge in [0.05, 0.1) is 20.5 Å². The Hall–Kier alpha value is -0.810. The van der Waals surface area contributed by atoms with Gasteiger partial charge in [0.25, 0.3) is 5.56 Å². The number of alkyl halides is 1. The number of thiocarbonyl (C=S) groups is 1. The van der Waals surface area contributed by atoms with Gasteiger partial charge in [-0.2, -0.15) is 0 Å². The predicted octanol–water partition coefficient (Wildman–Crippen LogP) is 5.15. The molecule has 1 aromatic heterocycles. The Morgan fingerprint density at radius 2 is 2.04 bits per heavy atom. The first-order chi connectivity index (χ1) is 11.0. The highest BCUT2D eigenvalue weighted by Gasteiger charge is 2.15. The lowest BCUT2D eigenvalue weighted by atomic mass is 10.1. The number of hydrogen-bond acceptors (Lipinski definition) is 3. The van der Waals surface area contributed by atoms with Crippen molar-refractivity contribution in [3.8, 4) is 5.69 Å². The average Bonchev–Trinajstić information content (AvgIpc) is 2.49. The molecule has 122 valence electrons. The standard InChI is InChI=1S/C17H17Cl2NOS2/c1-11-4-5-14(12(2)10-11)20-8-6-13(19)15(16(20)21)17(22)23-9-3-7-18/h4-6,8,10H,3,7,9H2,1-2H3. The smallest absolute Gasteiger partial charge is 0.265 e. The molecule has 0 aliphatic rings. The fourth-order valence-electron chi connectivity index (χ4n) is 2.26. The minimum absolute atomic E-state index is 0.187. The number of nitrogens with zero attached hydrogens (tertiary/aromatic N) is 1. The summed E-state index contributed by atoms with van der Waals surface area (Å²) < 4.78 is 2.12. The highest BCUT2D eigenvalue weighted by atomic mass is 35.5. The fraction of sp³-hybridized carbons (Fsp3) is 0.294. The lowest BCUT2D eigenvalue weighted by Gasteiger charge is -2.13. The third kappa shape index (κ3) is 4.38. The van der Waals surface area contributed by atoms with Crippen LogP contribution < -0.4 is 5.56 Å². The van der Waals surface area contributed by atoms with Gasteiger partial charge in [-0.3, -0.25) is 9.36 Å². The van der Waals surface area contributed by atoms with E-state index < -0.39 is 0 Å². The quantitative estimate of drug-likeness (QED) is 0.403. The van der Waals surface area contributed by atoms with Gasteiger partial charge >= 0.3 is 0 Å². The Kier molecular flexibility index (Phi) is 6.72.